The van der Waals surface area contributed by atoms with Crippen LogP contribution in [0.1, 0.15) is 13.3 Å². The second-order valence-corrected chi connectivity index (χ2v) is 4.04. The van der Waals surface area contributed by atoms with E-state index in [0.29, 0.717) is 13.2 Å². The maximum Gasteiger partial charge on any atom is 0.130 e. The van der Waals surface area contributed by atoms with E-state index in [1.165, 1.54) is 0 Å². The molecule has 0 aromatic rings. The predicted molar refractivity (Wildman–Crippen MR) is 65.1 cm³/mol. The Morgan fingerprint density at radius 2 is 2.24 bits per heavy atom. The van der Waals surface area contributed by atoms with E-state index in [1.54, 1.807) is 0 Å². The van der Waals surface area contributed by atoms with Crippen molar-refractivity contribution >= 4 is 0 Å². The molecule has 0 radical (unpaired) electrons. The number of nitrogens with zero attached hydrogens (tertiary/aromatic N) is 1. The van der Waals surface area contributed by atoms with Crippen LogP contribution in [0.2, 0.25) is 0 Å². The van der Waals surface area contributed by atoms with E-state index in [0.717, 1.165) is 19.0 Å². The zero-order chi connectivity index (χ0) is 12.8. The van der Waals surface area contributed by atoms with Crippen molar-refractivity contribution in [1.82, 2.24) is 4.90 Å². The molecular weight excluding hydrogens is 224 g/mol. The highest BCUT2D eigenvalue weighted by Crippen LogP contribution is 2.21. The Labute approximate surface area is 101 Å². The van der Waals surface area contributed by atoms with Crippen molar-refractivity contribution in [3.63, 3.8) is 0 Å². The third-order valence-electron chi connectivity index (χ3n) is 2.81. The van der Waals surface area contributed by atoms with Gasteiger partial charge in [-0.15, -0.1) is 0 Å². The lowest BCUT2D eigenvalue weighted by Crippen LogP contribution is -2.26. The molecule has 1 fully saturated rings. The van der Waals surface area contributed by atoms with Gasteiger partial charge in [0.25, 0.3) is 0 Å². The van der Waals surface area contributed by atoms with E-state index in [2.05, 4.69) is 13.2 Å². The average Bonchev–Trinajstić information content (AvgIpc) is 2.73. The monoisotopic (exact) mass is 243 g/mol. The quantitative estimate of drug-likeness (QED) is 0.665. The van der Waals surface area contributed by atoms with Gasteiger partial charge in [-0.1, -0.05) is 13.2 Å². The van der Waals surface area contributed by atoms with Crippen LogP contribution in [-0.4, -0.2) is 37.2 Å². The summed E-state index contributed by atoms with van der Waals surface area (Å²) < 4.78 is 31.9. The van der Waals surface area contributed by atoms with Gasteiger partial charge >= 0.3 is 0 Å². The number of ether oxygens (including phenoxy) is 1. The summed E-state index contributed by atoms with van der Waals surface area (Å²) in [7, 11) is 0. The molecule has 4 heteroatoms. The largest absolute Gasteiger partial charge is 0.377 e. The zero-order valence-corrected chi connectivity index (χ0v) is 10.2. The fourth-order valence-electron chi connectivity index (χ4n) is 1.95. The molecule has 0 amide bonds. The normalized spacial score (nSPS) is 22.4. The number of rotatable bonds is 6. The Balaban J connectivity index is 2.59. The molecule has 0 bridgehead atoms. The topological polar surface area (TPSA) is 12.5 Å². The van der Waals surface area contributed by atoms with E-state index in [-0.39, 0.29) is 18.2 Å². The second kappa shape index (κ2) is 6.67. The summed E-state index contributed by atoms with van der Waals surface area (Å²) in [6.07, 6.45) is 2.08. The molecule has 1 aliphatic heterocycles. The van der Waals surface area contributed by atoms with E-state index in [4.69, 9.17) is 4.74 Å². The second-order valence-electron chi connectivity index (χ2n) is 4.04. The minimum absolute atomic E-state index is 0.0165. The summed E-state index contributed by atoms with van der Waals surface area (Å²) in [6.45, 7) is 10.8. The molecule has 0 N–H and O–H groups in total. The highest BCUT2D eigenvalue weighted by molar-refractivity contribution is 5.32. The van der Waals surface area contributed by atoms with Gasteiger partial charge in [0, 0.05) is 31.8 Å². The van der Waals surface area contributed by atoms with Crippen LogP contribution in [0.4, 0.5) is 8.78 Å². The van der Waals surface area contributed by atoms with Gasteiger partial charge in [-0.05, 0) is 19.4 Å². The van der Waals surface area contributed by atoms with Crippen molar-refractivity contribution < 1.29 is 13.5 Å². The van der Waals surface area contributed by atoms with Crippen LogP contribution in [-0.2, 0) is 4.74 Å². The molecule has 1 saturated heterocycles. The van der Waals surface area contributed by atoms with Crippen molar-refractivity contribution in [3.8, 4) is 0 Å². The smallest absolute Gasteiger partial charge is 0.130 e. The molecule has 1 atom stereocenters. The summed E-state index contributed by atoms with van der Waals surface area (Å²) in [5.74, 6) is -1.38. The Morgan fingerprint density at radius 3 is 2.76 bits per heavy atom. The first-order valence-electron chi connectivity index (χ1n) is 5.78. The molecule has 0 unspecified atom stereocenters. The Kier molecular flexibility index (Phi) is 5.51. The van der Waals surface area contributed by atoms with Gasteiger partial charge < -0.3 is 4.74 Å². The molecule has 0 aromatic heterocycles. The van der Waals surface area contributed by atoms with E-state index >= 15 is 0 Å². The zero-order valence-electron chi connectivity index (χ0n) is 10.2. The molecule has 1 heterocycles. The maximum atomic E-state index is 13.3. The van der Waals surface area contributed by atoms with Gasteiger partial charge in [-0.25, -0.2) is 8.78 Å². The molecule has 0 saturated carbocycles. The van der Waals surface area contributed by atoms with Gasteiger partial charge in [0.2, 0.25) is 0 Å². The van der Waals surface area contributed by atoms with Gasteiger partial charge in [0.15, 0.2) is 0 Å². The van der Waals surface area contributed by atoms with Crippen LogP contribution >= 0.6 is 0 Å². The first-order chi connectivity index (χ1) is 8.08. The Morgan fingerprint density at radius 1 is 1.53 bits per heavy atom. The minimum atomic E-state index is -0.734. The number of halogens is 2. The standard InChI is InChI=1S/C13H19F2NO/c1-4-13(15)12(10(3)14)9-16-7-6-11(8-16)17-5-2/h4,11H,1,3,5-9H2,2H3/b13-12+/t11-/m1/s1. The molecular formula is C13H19F2NO. The number of hydrogen-bond donors (Lipinski definition) is 0. The maximum absolute atomic E-state index is 13.3. The predicted octanol–water partition coefficient (Wildman–Crippen LogP) is 2.99. The van der Waals surface area contributed by atoms with Crippen molar-refractivity contribution in [2.24, 2.45) is 0 Å². The molecule has 1 aliphatic rings. The number of allylic oxidation sites excluding steroid dienone is 2. The number of hydrogen-bond acceptors (Lipinski definition) is 2. The van der Waals surface area contributed by atoms with Crippen molar-refractivity contribution in [2.75, 3.05) is 26.2 Å². The third kappa shape index (κ3) is 4.06. The fourth-order valence-corrected chi connectivity index (χ4v) is 1.95. The van der Waals surface area contributed by atoms with Crippen LogP contribution < -0.4 is 0 Å². The summed E-state index contributed by atoms with van der Waals surface area (Å²) in [5, 5.41) is 0. The lowest BCUT2D eigenvalue weighted by molar-refractivity contribution is 0.0696. The van der Waals surface area contributed by atoms with Crippen LogP contribution in [0.25, 0.3) is 0 Å². The van der Waals surface area contributed by atoms with Gasteiger partial charge in [-0.2, -0.15) is 0 Å². The summed E-state index contributed by atoms with van der Waals surface area (Å²) >= 11 is 0. The van der Waals surface area contributed by atoms with Gasteiger partial charge in [0.05, 0.1) is 6.10 Å². The lowest BCUT2D eigenvalue weighted by Gasteiger charge is -2.17. The lowest BCUT2D eigenvalue weighted by atomic mass is 10.2. The summed E-state index contributed by atoms with van der Waals surface area (Å²) in [4.78, 5) is 1.96. The van der Waals surface area contributed by atoms with Gasteiger partial charge in [-0.3, -0.25) is 4.90 Å². The van der Waals surface area contributed by atoms with E-state index in [1.807, 2.05) is 11.8 Å². The Hall–Kier alpha value is -1.00. The van der Waals surface area contributed by atoms with Crippen LogP contribution in [0.15, 0.2) is 36.5 Å². The van der Waals surface area contributed by atoms with Crippen molar-refractivity contribution in [3.05, 3.63) is 36.5 Å². The molecule has 96 valence electrons. The highest BCUT2D eigenvalue weighted by Gasteiger charge is 2.24. The summed E-state index contributed by atoms with van der Waals surface area (Å²) in [6, 6.07) is 0. The average molecular weight is 243 g/mol. The molecule has 0 aromatic carbocycles. The summed E-state index contributed by atoms with van der Waals surface area (Å²) in [5.41, 5.74) is -0.0165. The van der Waals surface area contributed by atoms with Crippen molar-refractivity contribution in [1.29, 1.82) is 0 Å². The SMILES string of the molecule is C=C/C(F)=C(/CN1CC[C@@H](OCC)C1)C(=C)F. The molecule has 1 rings (SSSR count). The Bertz CT molecular complexity index is 325. The van der Waals surface area contributed by atoms with Crippen LogP contribution in [0.5, 0.6) is 0 Å². The molecule has 17 heavy (non-hydrogen) atoms. The first-order valence-corrected chi connectivity index (χ1v) is 5.78. The number of likely N-dealkylation sites (tertiary alicyclic amines) is 1. The highest BCUT2D eigenvalue weighted by atomic mass is 19.1. The minimum Gasteiger partial charge on any atom is -0.377 e. The fraction of sp³-hybridized carbons (Fsp3) is 0.538. The van der Waals surface area contributed by atoms with E-state index < -0.39 is 11.7 Å². The van der Waals surface area contributed by atoms with Gasteiger partial charge in [0.1, 0.15) is 11.7 Å². The van der Waals surface area contributed by atoms with Crippen LogP contribution in [0.3, 0.4) is 0 Å². The third-order valence-corrected chi connectivity index (χ3v) is 2.81. The molecule has 0 spiro atoms. The van der Waals surface area contributed by atoms with E-state index in [9.17, 15) is 8.78 Å². The molecule has 0 aliphatic carbocycles. The van der Waals surface area contributed by atoms with Crippen LogP contribution in [0, 0.1) is 0 Å². The van der Waals surface area contributed by atoms with Crippen molar-refractivity contribution in [2.45, 2.75) is 19.4 Å². The molecule has 2 nitrogen and oxygen atoms in total. The first kappa shape index (κ1) is 14.1.